The maximum Gasteiger partial charge on any atom is 0.257 e. The normalized spacial score (nSPS) is 29.8. The third-order valence-electron chi connectivity index (χ3n) is 6.45. The van der Waals surface area contributed by atoms with Crippen molar-refractivity contribution in [2.45, 2.75) is 69.7 Å². The van der Waals surface area contributed by atoms with Gasteiger partial charge in [-0.15, -0.1) is 0 Å². The van der Waals surface area contributed by atoms with Crippen LogP contribution in [0.1, 0.15) is 54.6 Å². The average molecular weight is 346 g/mol. The summed E-state index contributed by atoms with van der Waals surface area (Å²) in [7, 11) is 3.79. The number of carbonyl (C=O) groups is 1. The standard InChI is InChI=1S/C19H30N4O2/c1-21(19(24)15-12-20-23-10-4-3-6-16(15)23)17-7-5-8-18(17)22-11-9-14(13-22)25-2/h12,14,17-18H,3-11,13H2,1-2H3/t14?,17-,18+/m1/s1. The maximum atomic E-state index is 13.2. The summed E-state index contributed by atoms with van der Waals surface area (Å²) < 4.78 is 7.56. The first-order valence-electron chi connectivity index (χ1n) is 9.77. The largest absolute Gasteiger partial charge is 0.380 e. The van der Waals surface area contributed by atoms with Crippen LogP contribution in [0, 0.1) is 0 Å². The number of carbonyl (C=O) groups excluding carboxylic acids is 1. The Kier molecular flexibility index (Phi) is 4.82. The molecular formula is C19H30N4O2. The molecule has 0 aromatic carbocycles. The highest BCUT2D eigenvalue weighted by molar-refractivity contribution is 5.95. The lowest BCUT2D eigenvalue weighted by atomic mass is 10.0. The summed E-state index contributed by atoms with van der Waals surface area (Å²) in [5.41, 5.74) is 1.96. The number of likely N-dealkylation sites (N-methyl/N-ethyl adjacent to an activating group) is 1. The summed E-state index contributed by atoms with van der Waals surface area (Å²) in [5, 5.41) is 4.45. The molecule has 2 aliphatic heterocycles. The molecule has 3 atom stereocenters. The average Bonchev–Trinajstić information content (AvgIpc) is 3.38. The number of methoxy groups -OCH3 is 1. The molecule has 138 valence electrons. The van der Waals surface area contributed by atoms with Crippen molar-refractivity contribution >= 4 is 5.91 Å². The number of aryl methyl sites for hydroxylation is 1. The van der Waals surface area contributed by atoms with Crippen molar-refractivity contribution in [3.05, 3.63) is 17.5 Å². The second kappa shape index (κ2) is 7.08. The molecule has 6 heteroatoms. The SMILES string of the molecule is COC1CCN([C@H]2CCC[C@H]2N(C)C(=O)c2cnn3c2CCCC3)C1. The van der Waals surface area contributed by atoms with Crippen LogP contribution >= 0.6 is 0 Å². The van der Waals surface area contributed by atoms with E-state index in [0.717, 1.165) is 56.6 Å². The molecule has 1 saturated heterocycles. The van der Waals surface area contributed by atoms with Crippen molar-refractivity contribution in [3.63, 3.8) is 0 Å². The molecule has 0 radical (unpaired) electrons. The van der Waals surface area contributed by atoms with Gasteiger partial charge in [0.2, 0.25) is 0 Å². The highest BCUT2D eigenvalue weighted by Gasteiger charge is 2.40. The van der Waals surface area contributed by atoms with Crippen LogP contribution in [-0.2, 0) is 17.7 Å². The second-order valence-electron chi connectivity index (χ2n) is 7.81. The molecule has 1 aromatic rings. The molecule has 0 bridgehead atoms. The van der Waals surface area contributed by atoms with Gasteiger partial charge in [0.25, 0.3) is 5.91 Å². The third-order valence-corrected chi connectivity index (χ3v) is 6.45. The molecule has 1 unspecified atom stereocenters. The van der Waals surface area contributed by atoms with Crippen LogP contribution in [0.15, 0.2) is 6.20 Å². The van der Waals surface area contributed by atoms with E-state index in [4.69, 9.17) is 4.74 Å². The van der Waals surface area contributed by atoms with E-state index in [1.165, 1.54) is 19.3 Å². The minimum Gasteiger partial charge on any atom is -0.380 e. The second-order valence-corrected chi connectivity index (χ2v) is 7.81. The van der Waals surface area contributed by atoms with E-state index in [1.54, 1.807) is 13.3 Å². The highest BCUT2D eigenvalue weighted by atomic mass is 16.5. The van der Waals surface area contributed by atoms with Crippen LogP contribution in [0.4, 0.5) is 0 Å². The maximum absolute atomic E-state index is 13.2. The summed E-state index contributed by atoms with van der Waals surface area (Å²) in [5.74, 6) is 0.155. The fraction of sp³-hybridized carbons (Fsp3) is 0.789. The van der Waals surface area contributed by atoms with Crippen molar-refractivity contribution in [2.75, 3.05) is 27.2 Å². The van der Waals surface area contributed by atoms with Gasteiger partial charge < -0.3 is 9.64 Å². The lowest BCUT2D eigenvalue weighted by Gasteiger charge is -2.35. The van der Waals surface area contributed by atoms with E-state index < -0.39 is 0 Å². The van der Waals surface area contributed by atoms with E-state index in [1.807, 2.05) is 16.6 Å². The number of aromatic nitrogens is 2. The number of rotatable bonds is 4. The van der Waals surface area contributed by atoms with Crippen LogP contribution in [0.25, 0.3) is 0 Å². The van der Waals surface area contributed by atoms with Crippen molar-refractivity contribution in [1.29, 1.82) is 0 Å². The summed E-state index contributed by atoms with van der Waals surface area (Å²) in [6.45, 7) is 3.04. The zero-order valence-electron chi connectivity index (χ0n) is 15.5. The molecule has 0 spiro atoms. The first-order chi connectivity index (χ1) is 12.2. The van der Waals surface area contributed by atoms with Gasteiger partial charge in [0.05, 0.1) is 23.6 Å². The van der Waals surface area contributed by atoms with Crippen molar-refractivity contribution in [3.8, 4) is 0 Å². The highest BCUT2D eigenvalue weighted by Crippen LogP contribution is 2.32. The van der Waals surface area contributed by atoms with E-state index in [2.05, 4.69) is 10.00 Å². The first-order valence-corrected chi connectivity index (χ1v) is 9.77. The quantitative estimate of drug-likeness (QED) is 0.836. The monoisotopic (exact) mass is 346 g/mol. The summed E-state index contributed by atoms with van der Waals surface area (Å²) >= 11 is 0. The minimum absolute atomic E-state index is 0.155. The Bertz CT molecular complexity index is 629. The molecule has 6 nitrogen and oxygen atoms in total. The van der Waals surface area contributed by atoms with Crippen molar-refractivity contribution in [1.82, 2.24) is 19.6 Å². The number of nitrogens with zero attached hydrogens (tertiary/aromatic N) is 4. The van der Waals surface area contributed by atoms with E-state index >= 15 is 0 Å². The Morgan fingerprint density at radius 2 is 2.12 bits per heavy atom. The van der Waals surface area contributed by atoms with Gasteiger partial charge >= 0.3 is 0 Å². The van der Waals surface area contributed by atoms with Gasteiger partial charge in [0, 0.05) is 45.9 Å². The predicted molar refractivity (Wildman–Crippen MR) is 95.7 cm³/mol. The molecule has 1 aromatic heterocycles. The first kappa shape index (κ1) is 17.0. The molecule has 0 N–H and O–H groups in total. The van der Waals surface area contributed by atoms with Crippen molar-refractivity contribution < 1.29 is 9.53 Å². The van der Waals surface area contributed by atoms with Crippen LogP contribution in [0.5, 0.6) is 0 Å². The Labute approximate surface area is 150 Å². The van der Waals surface area contributed by atoms with Gasteiger partial charge in [-0.3, -0.25) is 14.4 Å². The van der Waals surface area contributed by atoms with Gasteiger partial charge in [0.1, 0.15) is 0 Å². The van der Waals surface area contributed by atoms with Gasteiger partial charge in [-0.25, -0.2) is 0 Å². The molecule has 3 aliphatic rings. The van der Waals surface area contributed by atoms with Gasteiger partial charge in [-0.2, -0.15) is 5.10 Å². The Hall–Kier alpha value is -1.40. The Morgan fingerprint density at radius 3 is 2.92 bits per heavy atom. The number of hydrogen-bond acceptors (Lipinski definition) is 4. The number of amides is 1. The number of hydrogen-bond donors (Lipinski definition) is 0. The smallest absolute Gasteiger partial charge is 0.257 e. The number of likely N-dealkylation sites (tertiary alicyclic amines) is 1. The topological polar surface area (TPSA) is 50.6 Å². The Morgan fingerprint density at radius 1 is 1.24 bits per heavy atom. The van der Waals surface area contributed by atoms with Crippen LogP contribution in [0.2, 0.25) is 0 Å². The van der Waals surface area contributed by atoms with Gasteiger partial charge in [-0.1, -0.05) is 0 Å². The zero-order chi connectivity index (χ0) is 17.4. The molecule has 2 fully saturated rings. The number of fused-ring (bicyclic) bond motifs is 1. The minimum atomic E-state index is 0.155. The molecular weight excluding hydrogens is 316 g/mol. The fourth-order valence-corrected chi connectivity index (χ4v) is 4.99. The number of ether oxygens (including phenoxy) is 1. The van der Waals surface area contributed by atoms with E-state index in [9.17, 15) is 4.79 Å². The Balaban J connectivity index is 1.48. The molecule has 1 aliphatic carbocycles. The zero-order valence-corrected chi connectivity index (χ0v) is 15.5. The predicted octanol–water partition coefficient (Wildman–Crippen LogP) is 1.93. The van der Waals surface area contributed by atoms with Gasteiger partial charge in [0.15, 0.2) is 0 Å². The molecule has 3 heterocycles. The lowest BCUT2D eigenvalue weighted by Crippen LogP contribution is -2.49. The van der Waals surface area contributed by atoms with Gasteiger partial charge in [-0.05, 0) is 44.9 Å². The van der Waals surface area contributed by atoms with Crippen molar-refractivity contribution in [2.24, 2.45) is 0 Å². The summed E-state index contributed by atoms with van der Waals surface area (Å²) in [4.78, 5) is 17.7. The lowest BCUT2D eigenvalue weighted by molar-refractivity contribution is 0.0604. The van der Waals surface area contributed by atoms with Crippen LogP contribution in [-0.4, -0.2) is 70.9 Å². The summed E-state index contributed by atoms with van der Waals surface area (Å²) in [6.07, 6.45) is 10.0. The van der Waals surface area contributed by atoms with Crippen LogP contribution < -0.4 is 0 Å². The van der Waals surface area contributed by atoms with Crippen LogP contribution in [0.3, 0.4) is 0 Å². The molecule has 1 amide bonds. The van der Waals surface area contributed by atoms with E-state index in [0.29, 0.717) is 18.2 Å². The van der Waals surface area contributed by atoms with E-state index in [-0.39, 0.29) is 5.91 Å². The molecule has 4 rings (SSSR count). The third kappa shape index (κ3) is 3.10. The molecule has 25 heavy (non-hydrogen) atoms. The molecule has 1 saturated carbocycles. The fourth-order valence-electron chi connectivity index (χ4n) is 4.99. The summed E-state index contributed by atoms with van der Waals surface area (Å²) in [6, 6.07) is 0.780.